The van der Waals surface area contributed by atoms with Crippen LogP contribution in [0.3, 0.4) is 0 Å². The maximum Gasteiger partial charge on any atom is 0.451 e. The van der Waals surface area contributed by atoms with E-state index in [4.69, 9.17) is 11.6 Å². The van der Waals surface area contributed by atoms with Gasteiger partial charge in [-0.2, -0.15) is 13.2 Å². The third-order valence-electron chi connectivity index (χ3n) is 2.21. The third-order valence-corrected chi connectivity index (χ3v) is 3.41. The molecule has 0 N–H and O–H groups in total. The van der Waals surface area contributed by atoms with Crippen molar-refractivity contribution in [2.24, 2.45) is 0 Å². The van der Waals surface area contributed by atoms with E-state index in [0.717, 1.165) is 0 Å². The Balaban J connectivity index is 2.66. The second-order valence-corrected chi connectivity index (χ2v) is 5.21. The monoisotopic (exact) mass is 294 g/mol. The molecule has 1 unspecified atom stereocenters. The fourth-order valence-corrected chi connectivity index (χ4v) is 2.15. The summed E-state index contributed by atoms with van der Waals surface area (Å²) in [5.74, 6) is -1.29. The van der Waals surface area contributed by atoms with Crippen LogP contribution < -0.4 is 0 Å². The molecule has 18 heavy (non-hydrogen) atoms. The highest BCUT2D eigenvalue weighted by Gasteiger charge is 2.35. The molecule has 1 atom stereocenters. The number of alkyl halides is 3. The van der Waals surface area contributed by atoms with Crippen molar-refractivity contribution in [1.29, 1.82) is 0 Å². The topological polar surface area (TPSA) is 48.8 Å². The zero-order chi connectivity index (χ0) is 13.5. The van der Waals surface area contributed by atoms with Gasteiger partial charge in [0, 0.05) is 11.5 Å². The van der Waals surface area contributed by atoms with E-state index in [9.17, 15) is 17.7 Å². The first-order valence-corrected chi connectivity index (χ1v) is 6.60. The van der Waals surface area contributed by atoms with E-state index in [1.807, 2.05) is 0 Å². The molecular formula is C10H6ClF3N2OS. The maximum absolute atomic E-state index is 12.5. The molecule has 0 radical (unpaired) electrons. The van der Waals surface area contributed by atoms with Crippen LogP contribution in [-0.2, 0) is 17.4 Å². The average Bonchev–Trinajstić information content (AvgIpc) is 2.27. The van der Waals surface area contributed by atoms with Crippen LogP contribution in [0.2, 0.25) is 5.15 Å². The van der Waals surface area contributed by atoms with Gasteiger partial charge in [0.25, 0.3) is 0 Å². The number of nitrogens with zero attached hydrogens (tertiary/aromatic N) is 2. The fourth-order valence-electron chi connectivity index (χ4n) is 1.38. The van der Waals surface area contributed by atoms with E-state index >= 15 is 0 Å². The van der Waals surface area contributed by atoms with E-state index in [0.29, 0.717) is 4.90 Å². The summed E-state index contributed by atoms with van der Waals surface area (Å²) >= 11 is 4.44. The number of hydrogen-bond donors (Lipinski definition) is 0. The number of hydrogen-bond acceptors (Lipinski definition) is 3. The minimum atomic E-state index is -4.65. The molecule has 0 bridgehead atoms. The molecular weight excluding hydrogens is 289 g/mol. The zero-order valence-corrected chi connectivity index (χ0v) is 10.5. The van der Waals surface area contributed by atoms with E-state index in [-0.39, 0.29) is 16.1 Å². The predicted molar refractivity (Wildman–Crippen MR) is 61.9 cm³/mol. The molecule has 0 saturated heterocycles. The first-order chi connectivity index (χ1) is 8.29. The molecule has 0 amide bonds. The van der Waals surface area contributed by atoms with E-state index in [2.05, 4.69) is 9.97 Å². The molecule has 0 aliphatic carbocycles. The van der Waals surface area contributed by atoms with Crippen LogP contribution in [0.1, 0.15) is 5.82 Å². The Bertz CT molecular complexity index is 603. The van der Waals surface area contributed by atoms with Crippen LogP contribution in [0.4, 0.5) is 13.2 Å². The summed E-state index contributed by atoms with van der Waals surface area (Å²) in [5.41, 5.74) is 0.0662. The lowest BCUT2D eigenvalue weighted by atomic mass is 10.2. The second kappa shape index (κ2) is 4.56. The second-order valence-electron chi connectivity index (χ2n) is 3.47. The summed E-state index contributed by atoms with van der Waals surface area (Å²) in [6.07, 6.45) is -3.19. The summed E-state index contributed by atoms with van der Waals surface area (Å²) < 4.78 is 48.7. The molecule has 1 aromatic heterocycles. The quantitative estimate of drug-likeness (QED) is 0.600. The summed E-state index contributed by atoms with van der Waals surface area (Å²) in [4.78, 5) is 7.04. The van der Waals surface area contributed by atoms with Gasteiger partial charge in [0.05, 0.1) is 5.52 Å². The van der Waals surface area contributed by atoms with Crippen molar-refractivity contribution in [1.82, 2.24) is 9.97 Å². The van der Waals surface area contributed by atoms with Crippen LogP contribution in [0.5, 0.6) is 0 Å². The largest absolute Gasteiger partial charge is 0.612 e. The molecule has 0 aliphatic rings. The maximum atomic E-state index is 12.5. The number of aromatic nitrogens is 2. The van der Waals surface area contributed by atoms with Gasteiger partial charge in [-0.25, -0.2) is 9.97 Å². The van der Waals surface area contributed by atoms with Crippen LogP contribution in [0.15, 0.2) is 23.1 Å². The smallest absolute Gasteiger partial charge is 0.451 e. The van der Waals surface area contributed by atoms with Gasteiger partial charge in [0.15, 0.2) is 4.90 Å². The Kier molecular flexibility index (Phi) is 3.39. The van der Waals surface area contributed by atoms with Gasteiger partial charge in [0.2, 0.25) is 5.82 Å². The minimum Gasteiger partial charge on any atom is -0.612 e. The zero-order valence-electron chi connectivity index (χ0n) is 8.95. The Morgan fingerprint density at radius 1 is 1.28 bits per heavy atom. The molecule has 0 fully saturated rings. The standard InChI is InChI=1S/C10H6ClF3N2OS/c1-18(17)5-2-3-7-6(4-5)8(11)16-9(15-7)10(12,13)14/h2-4H,1H3. The molecule has 1 heterocycles. The summed E-state index contributed by atoms with van der Waals surface area (Å²) in [6.45, 7) is 0. The minimum absolute atomic E-state index is 0.0662. The Hall–Kier alpha value is -1.05. The first kappa shape index (κ1) is 13.4. The van der Waals surface area contributed by atoms with Gasteiger partial charge in [-0.05, 0) is 23.3 Å². The summed E-state index contributed by atoms with van der Waals surface area (Å²) in [7, 11) is 0. The Morgan fingerprint density at radius 3 is 2.50 bits per heavy atom. The fraction of sp³-hybridized carbons (Fsp3) is 0.200. The molecule has 0 spiro atoms. The van der Waals surface area contributed by atoms with Crippen LogP contribution in [0.25, 0.3) is 10.9 Å². The van der Waals surface area contributed by atoms with Crippen LogP contribution >= 0.6 is 11.6 Å². The van der Waals surface area contributed by atoms with Gasteiger partial charge >= 0.3 is 6.18 Å². The van der Waals surface area contributed by atoms with Crippen molar-refractivity contribution in [2.45, 2.75) is 11.1 Å². The highest BCUT2D eigenvalue weighted by atomic mass is 35.5. The van der Waals surface area contributed by atoms with Gasteiger partial charge in [-0.15, -0.1) is 0 Å². The Labute approximate surface area is 108 Å². The molecule has 3 nitrogen and oxygen atoms in total. The van der Waals surface area contributed by atoms with Gasteiger partial charge in [0.1, 0.15) is 11.4 Å². The number of benzene rings is 1. The van der Waals surface area contributed by atoms with Gasteiger partial charge in [-0.1, -0.05) is 11.6 Å². The first-order valence-electron chi connectivity index (χ1n) is 4.67. The van der Waals surface area contributed by atoms with E-state index < -0.39 is 23.2 Å². The number of halogens is 4. The highest BCUT2D eigenvalue weighted by molar-refractivity contribution is 7.90. The molecule has 2 rings (SSSR count). The molecule has 96 valence electrons. The SMILES string of the molecule is C[S+]([O-])c1ccc2nc(C(F)(F)F)nc(Cl)c2c1. The van der Waals surface area contributed by atoms with Crippen molar-refractivity contribution in [3.63, 3.8) is 0 Å². The van der Waals surface area contributed by atoms with Gasteiger partial charge in [-0.3, -0.25) is 0 Å². The summed E-state index contributed by atoms with van der Waals surface area (Å²) in [5, 5.41) is -0.0583. The molecule has 0 aliphatic heterocycles. The number of fused-ring (bicyclic) bond motifs is 1. The lowest BCUT2D eigenvalue weighted by Crippen LogP contribution is -2.11. The molecule has 8 heteroatoms. The van der Waals surface area contributed by atoms with Crippen molar-refractivity contribution in [3.8, 4) is 0 Å². The molecule has 2 aromatic rings. The molecule has 0 saturated carbocycles. The lowest BCUT2D eigenvalue weighted by molar-refractivity contribution is -0.144. The third kappa shape index (κ3) is 2.52. The lowest BCUT2D eigenvalue weighted by Gasteiger charge is -2.09. The van der Waals surface area contributed by atoms with Crippen LogP contribution in [0, 0.1) is 0 Å². The predicted octanol–water partition coefficient (Wildman–Crippen LogP) is 3.04. The van der Waals surface area contributed by atoms with E-state index in [1.165, 1.54) is 24.5 Å². The highest BCUT2D eigenvalue weighted by Crippen LogP contribution is 2.30. The van der Waals surface area contributed by atoms with Gasteiger partial charge < -0.3 is 4.55 Å². The molecule has 1 aromatic carbocycles. The van der Waals surface area contributed by atoms with Crippen LogP contribution in [-0.4, -0.2) is 20.8 Å². The van der Waals surface area contributed by atoms with Crippen molar-refractivity contribution < 1.29 is 17.7 Å². The average molecular weight is 295 g/mol. The Morgan fingerprint density at radius 2 is 1.94 bits per heavy atom. The van der Waals surface area contributed by atoms with Crippen molar-refractivity contribution >= 4 is 33.7 Å². The normalized spacial score (nSPS) is 13.9. The number of rotatable bonds is 1. The summed E-state index contributed by atoms with van der Waals surface area (Å²) in [6, 6.07) is 4.21. The van der Waals surface area contributed by atoms with Crippen molar-refractivity contribution in [2.75, 3.05) is 6.26 Å². The van der Waals surface area contributed by atoms with E-state index in [1.54, 1.807) is 0 Å². The van der Waals surface area contributed by atoms with Crippen molar-refractivity contribution in [3.05, 3.63) is 29.2 Å².